The SMILES string of the molecule is CCC(C)=CC(C)=C(C)C(C)CC(C)C(C)C. The standard InChI is InChI=1S/C17H32/c1-9-13(4)10-15(6)17(8)16(7)11-14(5)12(2)3/h10,12,14,16H,9,11H2,1-8H3. The van der Waals surface area contributed by atoms with Crippen LogP contribution in [0.5, 0.6) is 0 Å². The second-order valence-corrected chi connectivity index (χ2v) is 6.07. The number of hydrogen-bond donors (Lipinski definition) is 0. The molecule has 0 aromatic rings. The van der Waals surface area contributed by atoms with Crippen LogP contribution in [0, 0.1) is 17.8 Å². The van der Waals surface area contributed by atoms with Gasteiger partial charge in [-0.05, 0) is 51.4 Å². The molecule has 0 N–H and O–H groups in total. The lowest BCUT2D eigenvalue weighted by atomic mass is 9.84. The van der Waals surface area contributed by atoms with E-state index in [0.717, 1.165) is 18.3 Å². The fourth-order valence-corrected chi connectivity index (χ4v) is 1.98. The van der Waals surface area contributed by atoms with Crippen molar-refractivity contribution in [1.29, 1.82) is 0 Å². The third-order valence-corrected chi connectivity index (χ3v) is 4.25. The average Bonchev–Trinajstić information content (AvgIpc) is 2.27. The largest absolute Gasteiger partial charge is 0.0733 e. The normalized spacial score (nSPS) is 18.1. The third-order valence-electron chi connectivity index (χ3n) is 4.25. The molecule has 0 saturated carbocycles. The van der Waals surface area contributed by atoms with Crippen molar-refractivity contribution in [3.63, 3.8) is 0 Å². The molecule has 0 heterocycles. The van der Waals surface area contributed by atoms with Gasteiger partial charge in [-0.2, -0.15) is 0 Å². The lowest BCUT2D eigenvalue weighted by molar-refractivity contribution is 0.351. The van der Waals surface area contributed by atoms with E-state index in [4.69, 9.17) is 0 Å². The number of rotatable bonds is 6. The maximum atomic E-state index is 2.37. The first-order valence-corrected chi connectivity index (χ1v) is 7.14. The molecule has 0 rings (SSSR count). The first-order chi connectivity index (χ1) is 7.79. The van der Waals surface area contributed by atoms with Gasteiger partial charge in [-0.1, -0.05) is 57.4 Å². The Balaban J connectivity index is 4.67. The Morgan fingerprint density at radius 2 is 1.53 bits per heavy atom. The molecular weight excluding hydrogens is 204 g/mol. The van der Waals surface area contributed by atoms with Gasteiger partial charge in [-0.15, -0.1) is 0 Å². The van der Waals surface area contributed by atoms with E-state index in [1.54, 1.807) is 5.57 Å². The van der Waals surface area contributed by atoms with Crippen LogP contribution in [0.3, 0.4) is 0 Å². The molecule has 0 saturated heterocycles. The Kier molecular flexibility index (Phi) is 7.50. The van der Waals surface area contributed by atoms with Gasteiger partial charge in [-0.3, -0.25) is 0 Å². The first-order valence-electron chi connectivity index (χ1n) is 7.14. The van der Waals surface area contributed by atoms with Crippen LogP contribution in [-0.4, -0.2) is 0 Å². The maximum absolute atomic E-state index is 2.37. The van der Waals surface area contributed by atoms with Crippen LogP contribution in [-0.2, 0) is 0 Å². The second kappa shape index (κ2) is 7.74. The minimum absolute atomic E-state index is 0.702. The molecule has 0 aromatic carbocycles. The fraction of sp³-hybridized carbons (Fsp3) is 0.765. The fourth-order valence-electron chi connectivity index (χ4n) is 1.98. The predicted octanol–water partition coefficient (Wildman–Crippen LogP) is 6.00. The van der Waals surface area contributed by atoms with Crippen LogP contribution in [0.15, 0.2) is 22.8 Å². The van der Waals surface area contributed by atoms with Gasteiger partial charge < -0.3 is 0 Å². The molecule has 2 unspecified atom stereocenters. The van der Waals surface area contributed by atoms with E-state index >= 15 is 0 Å². The highest BCUT2D eigenvalue weighted by atomic mass is 14.2. The van der Waals surface area contributed by atoms with Crippen molar-refractivity contribution in [3.05, 3.63) is 22.8 Å². The lowest BCUT2D eigenvalue weighted by Crippen LogP contribution is -2.10. The Bertz CT molecular complexity index is 278. The number of hydrogen-bond acceptors (Lipinski definition) is 0. The monoisotopic (exact) mass is 236 g/mol. The van der Waals surface area contributed by atoms with E-state index in [1.807, 2.05) is 0 Å². The minimum atomic E-state index is 0.702. The molecule has 2 atom stereocenters. The van der Waals surface area contributed by atoms with Gasteiger partial charge in [0, 0.05) is 0 Å². The molecule has 0 aliphatic carbocycles. The molecule has 100 valence electrons. The summed E-state index contributed by atoms with van der Waals surface area (Å²) < 4.78 is 0. The summed E-state index contributed by atoms with van der Waals surface area (Å²) in [5, 5.41) is 0. The van der Waals surface area contributed by atoms with E-state index in [2.05, 4.69) is 61.5 Å². The zero-order chi connectivity index (χ0) is 13.6. The van der Waals surface area contributed by atoms with E-state index in [-0.39, 0.29) is 0 Å². The quantitative estimate of drug-likeness (QED) is 0.496. The zero-order valence-electron chi connectivity index (χ0n) is 13.2. The van der Waals surface area contributed by atoms with Crippen LogP contribution < -0.4 is 0 Å². The molecule has 0 fully saturated rings. The van der Waals surface area contributed by atoms with Crippen molar-refractivity contribution in [1.82, 2.24) is 0 Å². The second-order valence-electron chi connectivity index (χ2n) is 6.07. The van der Waals surface area contributed by atoms with Crippen molar-refractivity contribution in [2.45, 2.75) is 68.2 Å². The predicted molar refractivity (Wildman–Crippen MR) is 80.2 cm³/mol. The summed E-state index contributed by atoms with van der Waals surface area (Å²) in [4.78, 5) is 0. The smallest absolute Gasteiger partial charge is 0.0226 e. The van der Waals surface area contributed by atoms with Crippen molar-refractivity contribution in [2.24, 2.45) is 17.8 Å². The van der Waals surface area contributed by atoms with Gasteiger partial charge in [0.2, 0.25) is 0 Å². The molecule has 0 radical (unpaired) electrons. The van der Waals surface area contributed by atoms with Gasteiger partial charge in [-0.25, -0.2) is 0 Å². The van der Waals surface area contributed by atoms with Crippen LogP contribution in [0.25, 0.3) is 0 Å². The van der Waals surface area contributed by atoms with Crippen LogP contribution >= 0.6 is 0 Å². The van der Waals surface area contributed by atoms with E-state index in [0.29, 0.717) is 5.92 Å². The summed E-state index contributed by atoms with van der Waals surface area (Å²) >= 11 is 0. The summed E-state index contributed by atoms with van der Waals surface area (Å²) in [5.74, 6) is 2.30. The zero-order valence-corrected chi connectivity index (χ0v) is 13.2. The molecule has 0 aromatic heterocycles. The number of allylic oxidation sites excluding steroid dienone is 4. The maximum Gasteiger partial charge on any atom is -0.0226 e. The highest BCUT2D eigenvalue weighted by Gasteiger charge is 2.14. The Labute approximate surface area is 109 Å². The van der Waals surface area contributed by atoms with Crippen molar-refractivity contribution < 1.29 is 0 Å². The van der Waals surface area contributed by atoms with Crippen molar-refractivity contribution >= 4 is 0 Å². The summed E-state index contributed by atoms with van der Waals surface area (Å²) in [6, 6.07) is 0. The topological polar surface area (TPSA) is 0 Å². The van der Waals surface area contributed by atoms with Gasteiger partial charge >= 0.3 is 0 Å². The van der Waals surface area contributed by atoms with E-state index in [1.165, 1.54) is 17.6 Å². The van der Waals surface area contributed by atoms with Gasteiger partial charge in [0.05, 0.1) is 0 Å². The molecule has 0 heteroatoms. The molecule has 0 aliphatic rings. The molecule has 0 aliphatic heterocycles. The molecule has 0 spiro atoms. The van der Waals surface area contributed by atoms with Crippen molar-refractivity contribution in [2.75, 3.05) is 0 Å². The third kappa shape index (κ3) is 6.10. The van der Waals surface area contributed by atoms with Crippen LogP contribution in [0.1, 0.15) is 68.2 Å². The summed E-state index contributed by atoms with van der Waals surface area (Å²) in [6.07, 6.45) is 4.81. The first kappa shape index (κ1) is 16.5. The molecule has 0 bridgehead atoms. The lowest BCUT2D eigenvalue weighted by Gasteiger charge is -2.22. The van der Waals surface area contributed by atoms with E-state index < -0.39 is 0 Å². The summed E-state index contributed by atoms with van der Waals surface area (Å²) in [7, 11) is 0. The average molecular weight is 236 g/mol. The van der Waals surface area contributed by atoms with Crippen LogP contribution in [0.4, 0.5) is 0 Å². The van der Waals surface area contributed by atoms with Gasteiger partial charge in [0.15, 0.2) is 0 Å². The Morgan fingerprint density at radius 1 is 1.00 bits per heavy atom. The molecule has 17 heavy (non-hydrogen) atoms. The van der Waals surface area contributed by atoms with E-state index in [9.17, 15) is 0 Å². The van der Waals surface area contributed by atoms with Gasteiger partial charge in [0.1, 0.15) is 0 Å². The van der Waals surface area contributed by atoms with Crippen molar-refractivity contribution in [3.8, 4) is 0 Å². The highest BCUT2D eigenvalue weighted by Crippen LogP contribution is 2.26. The summed E-state index contributed by atoms with van der Waals surface area (Å²) in [5.41, 5.74) is 4.50. The molecule has 0 amide bonds. The Morgan fingerprint density at radius 3 is 1.94 bits per heavy atom. The Hall–Kier alpha value is -0.520. The molecule has 0 nitrogen and oxygen atoms in total. The minimum Gasteiger partial charge on any atom is -0.0733 e. The van der Waals surface area contributed by atoms with Gasteiger partial charge in [0.25, 0.3) is 0 Å². The van der Waals surface area contributed by atoms with Crippen LogP contribution in [0.2, 0.25) is 0 Å². The highest BCUT2D eigenvalue weighted by molar-refractivity contribution is 5.26. The summed E-state index contributed by atoms with van der Waals surface area (Å²) in [6.45, 7) is 18.4. The molecular formula is C17H32.